The van der Waals surface area contributed by atoms with Crippen LogP contribution in [0.15, 0.2) is 54.6 Å². The molecule has 0 aliphatic carbocycles. The fraction of sp³-hybridized carbons (Fsp3) is 0.333. The van der Waals surface area contributed by atoms with E-state index in [-0.39, 0.29) is 0 Å². The van der Waals surface area contributed by atoms with Gasteiger partial charge < -0.3 is 5.32 Å². The Kier molecular flexibility index (Phi) is 4.59. The zero-order valence-corrected chi connectivity index (χ0v) is 13.1. The van der Waals surface area contributed by atoms with Crippen molar-refractivity contribution in [2.75, 3.05) is 19.6 Å². The molecule has 1 heterocycles. The van der Waals surface area contributed by atoms with E-state index < -0.39 is 0 Å². The van der Waals surface area contributed by atoms with Crippen LogP contribution < -0.4 is 5.32 Å². The first-order valence-electron chi connectivity index (χ1n) is 7.52. The molecule has 110 valence electrons. The van der Waals surface area contributed by atoms with Crippen LogP contribution in [0.25, 0.3) is 0 Å². The minimum Gasteiger partial charge on any atom is -0.314 e. The van der Waals surface area contributed by atoms with E-state index in [0.29, 0.717) is 12.1 Å². The van der Waals surface area contributed by atoms with E-state index in [1.54, 1.807) is 0 Å². The molecule has 0 spiro atoms. The van der Waals surface area contributed by atoms with Crippen molar-refractivity contribution >= 4 is 11.6 Å². The van der Waals surface area contributed by atoms with Gasteiger partial charge >= 0.3 is 0 Å². The standard InChI is InChI=1S/C18H21ClN2/c1-14(16-8-5-9-17(19)12-16)21-11-10-20-13-18(21)15-6-3-2-4-7-15/h2-9,12,14,18,20H,10-11,13H2,1H3. The van der Waals surface area contributed by atoms with Crippen molar-refractivity contribution in [2.24, 2.45) is 0 Å². The SMILES string of the molecule is CC(c1cccc(Cl)c1)N1CCNCC1c1ccccc1. The van der Waals surface area contributed by atoms with Crippen molar-refractivity contribution in [1.29, 1.82) is 0 Å². The average molecular weight is 301 g/mol. The van der Waals surface area contributed by atoms with E-state index in [2.05, 4.69) is 59.6 Å². The van der Waals surface area contributed by atoms with Gasteiger partial charge in [0.1, 0.15) is 0 Å². The summed E-state index contributed by atoms with van der Waals surface area (Å²) in [5, 5.41) is 4.32. The summed E-state index contributed by atoms with van der Waals surface area (Å²) in [4.78, 5) is 2.57. The highest BCUT2D eigenvalue weighted by Crippen LogP contribution is 2.32. The lowest BCUT2D eigenvalue weighted by Crippen LogP contribution is -2.46. The molecule has 0 amide bonds. The molecule has 2 unspecified atom stereocenters. The zero-order chi connectivity index (χ0) is 14.7. The summed E-state index contributed by atoms with van der Waals surface area (Å²) in [6, 6.07) is 19.7. The first kappa shape index (κ1) is 14.6. The van der Waals surface area contributed by atoms with Gasteiger partial charge in [-0.25, -0.2) is 0 Å². The van der Waals surface area contributed by atoms with Crippen molar-refractivity contribution in [3.05, 3.63) is 70.7 Å². The summed E-state index contributed by atoms with van der Waals surface area (Å²) in [6.45, 7) is 5.35. The summed E-state index contributed by atoms with van der Waals surface area (Å²) in [7, 11) is 0. The third kappa shape index (κ3) is 3.29. The number of benzene rings is 2. The van der Waals surface area contributed by atoms with Gasteiger partial charge in [-0.15, -0.1) is 0 Å². The smallest absolute Gasteiger partial charge is 0.0479 e. The number of rotatable bonds is 3. The van der Waals surface area contributed by atoms with Crippen LogP contribution >= 0.6 is 11.6 Å². The van der Waals surface area contributed by atoms with E-state index in [0.717, 1.165) is 24.7 Å². The molecule has 21 heavy (non-hydrogen) atoms. The fourth-order valence-corrected chi connectivity index (χ4v) is 3.32. The maximum absolute atomic E-state index is 6.15. The Bertz CT molecular complexity index is 585. The Morgan fingerprint density at radius 1 is 1.14 bits per heavy atom. The molecule has 0 bridgehead atoms. The van der Waals surface area contributed by atoms with Gasteiger partial charge in [-0.05, 0) is 30.2 Å². The average Bonchev–Trinajstić information content (AvgIpc) is 2.55. The fourth-order valence-electron chi connectivity index (χ4n) is 3.13. The van der Waals surface area contributed by atoms with Crippen LogP contribution in [-0.4, -0.2) is 24.5 Å². The van der Waals surface area contributed by atoms with Gasteiger partial charge in [0.2, 0.25) is 0 Å². The van der Waals surface area contributed by atoms with E-state index in [9.17, 15) is 0 Å². The maximum atomic E-state index is 6.15. The molecule has 0 saturated carbocycles. The predicted octanol–water partition coefficient (Wildman–Crippen LogP) is 4.05. The maximum Gasteiger partial charge on any atom is 0.0479 e. The van der Waals surface area contributed by atoms with Gasteiger partial charge in [0, 0.05) is 36.7 Å². The Morgan fingerprint density at radius 2 is 1.95 bits per heavy atom. The minimum absolute atomic E-state index is 0.357. The first-order valence-corrected chi connectivity index (χ1v) is 7.90. The molecule has 2 aromatic carbocycles. The summed E-state index contributed by atoms with van der Waals surface area (Å²) in [6.07, 6.45) is 0. The molecular weight excluding hydrogens is 280 g/mol. The lowest BCUT2D eigenvalue weighted by Gasteiger charge is -2.40. The predicted molar refractivity (Wildman–Crippen MR) is 88.6 cm³/mol. The number of hydrogen-bond donors (Lipinski definition) is 1. The summed E-state index contributed by atoms with van der Waals surface area (Å²) >= 11 is 6.15. The van der Waals surface area contributed by atoms with Gasteiger partial charge in [0.05, 0.1) is 0 Å². The van der Waals surface area contributed by atoms with Crippen LogP contribution in [0.1, 0.15) is 30.1 Å². The lowest BCUT2D eigenvalue weighted by molar-refractivity contribution is 0.115. The molecular formula is C18H21ClN2. The monoisotopic (exact) mass is 300 g/mol. The molecule has 1 aliphatic heterocycles. The molecule has 1 saturated heterocycles. The second-order valence-electron chi connectivity index (χ2n) is 5.60. The second kappa shape index (κ2) is 6.61. The highest BCUT2D eigenvalue weighted by molar-refractivity contribution is 6.30. The summed E-state index contributed by atoms with van der Waals surface area (Å²) < 4.78 is 0. The highest BCUT2D eigenvalue weighted by atomic mass is 35.5. The Labute approximate surface area is 131 Å². The van der Waals surface area contributed by atoms with Gasteiger partial charge in [-0.3, -0.25) is 4.90 Å². The Hall–Kier alpha value is -1.35. The Balaban J connectivity index is 1.87. The van der Waals surface area contributed by atoms with E-state index in [1.807, 2.05) is 12.1 Å². The molecule has 1 aliphatic rings. The van der Waals surface area contributed by atoms with Crippen LogP contribution in [0.3, 0.4) is 0 Å². The van der Waals surface area contributed by atoms with Crippen molar-refractivity contribution in [1.82, 2.24) is 10.2 Å². The molecule has 3 rings (SSSR count). The van der Waals surface area contributed by atoms with Gasteiger partial charge in [-0.2, -0.15) is 0 Å². The van der Waals surface area contributed by atoms with Crippen molar-refractivity contribution in [2.45, 2.75) is 19.0 Å². The molecule has 2 atom stereocenters. The first-order chi connectivity index (χ1) is 10.3. The minimum atomic E-state index is 0.357. The summed E-state index contributed by atoms with van der Waals surface area (Å²) in [5.41, 5.74) is 2.66. The molecule has 2 nitrogen and oxygen atoms in total. The zero-order valence-electron chi connectivity index (χ0n) is 12.3. The van der Waals surface area contributed by atoms with Crippen LogP contribution in [0.2, 0.25) is 5.02 Å². The normalized spacial score (nSPS) is 21.1. The van der Waals surface area contributed by atoms with Crippen molar-refractivity contribution in [3.8, 4) is 0 Å². The van der Waals surface area contributed by atoms with Crippen molar-refractivity contribution < 1.29 is 0 Å². The van der Waals surface area contributed by atoms with Gasteiger partial charge in [-0.1, -0.05) is 54.1 Å². The van der Waals surface area contributed by atoms with E-state index >= 15 is 0 Å². The number of nitrogens with zero attached hydrogens (tertiary/aromatic N) is 1. The molecule has 0 radical (unpaired) electrons. The third-order valence-electron chi connectivity index (χ3n) is 4.30. The van der Waals surface area contributed by atoms with Gasteiger partial charge in [0.25, 0.3) is 0 Å². The topological polar surface area (TPSA) is 15.3 Å². The molecule has 0 aromatic heterocycles. The van der Waals surface area contributed by atoms with Gasteiger partial charge in [0.15, 0.2) is 0 Å². The molecule has 3 heteroatoms. The summed E-state index contributed by atoms with van der Waals surface area (Å²) in [5.74, 6) is 0. The Morgan fingerprint density at radius 3 is 2.71 bits per heavy atom. The van der Waals surface area contributed by atoms with Crippen molar-refractivity contribution in [3.63, 3.8) is 0 Å². The molecule has 1 fully saturated rings. The molecule has 1 N–H and O–H groups in total. The number of hydrogen-bond acceptors (Lipinski definition) is 2. The quantitative estimate of drug-likeness (QED) is 0.920. The van der Waals surface area contributed by atoms with Crippen LogP contribution in [0.4, 0.5) is 0 Å². The number of halogens is 1. The third-order valence-corrected chi connectivity index (χ3v) is 4.53. The van der Waals surface area contributed by atoms with E-state index in [4.69, 9.17) is 11.6 Å². The highest BCUT2D eigenvalue weighted by Gasteiger charge is 2.28. The van der Waals surface area contributed by atoms with Crippen LogP contribution in [-0.2, 0) is 0 Å². The second-order valence-corrected chi connectivity index (χ2v) is 6.04. The largest absolute Gasteiger partial charge is 0.314 e. The lowest BCUT2D eigenvalue weighted by atomic mass is 9.98. The molecule has 2 aromatic rings. The van der Waals surface area contributed by atoms with E-state index in [1.165, 1.54) is 11.1 Å². The number of nitrogens with one attached hydrogen (secondary N) is 1. The number of piperazine rings is 1. The van der Waals surface area contributed by atoms with Crippen LogP contribution in [0.5, 0.6) is 0 Å². The van der Waals surface area contributed by atoms with Crippen LogP contribution in [0, 0.1) is 0 Å².